The van der Waals surface area contributed by atoms with Gasteiger partial charge < -0.3 is 4.57 Å². The minimum Gasteiger partial charge on any atom is -0.313 e. The number of rotatable bonds is 6. The fraction of sp³-hybridized carbons (Fsp3) is 0.176. The van der Waals surface area contributed by atoms with Crippen LogP contribution in [0.5, 0.6) is 0 Å². The standard InChI is InChI=1S/C17H15N7OS2/c1-2-26-17-23-22-16(27-17)21-14(25)10-24-13-6-4-3-5-11(13)20-15(24)12-9-18-7-8-19-12/h3-9H,2,10H2,1H3,(H,21,22,25). The second-order valence-electron chi connectivity index (χ2n) is 5.46. The first-order valence-corrected chi connectivity index (χ1v) is 10.0. The quantitative estimate of drug-likeness (QED) is 0.394. The summed E-state index contributed by atoms with van der Waals surface area (Å²) in [5.74, 6) is 1.30. The molecule has 136 valence electrons. The van der Waals surface area contributed by atoms with E-state index in [9.17, 15) is 4.79 Å². The van der Waals surface area contributed by atoms with E-state index in [0.717, 1.165) is 21.1 Å². The average molecular weight is 397 g/mol. The van der Waals surface area contributed by atoms with Crippen LogP contribution >= 0.6 is 23.1 Å². The van der Waals surface area contributed by atoms with Gasteiger partial charge in [-0.25, -0.2) is 9.97 Å². The number of carbonyl (C=O) groups excluding carboxylic acids is 1. The zero-order valence-electron chi connectivity index (χ0n) is 14.4. The van der Waals surface area contributed by atoms with E-state index in [4.69, 9.17) is 0 Å². The summed E-state index contributed by atoms with van der Waals surface area (Å²) in [6.07, 6.45) is 4.84. The molecule has 10 heteroatoms. The fourth-order valence-electron chi connectivity index (χ4n) is 2.59. The summed E-state index contributed by atoms with van der Waals surface area (Å²) >= 11 is 2.96. The van der Waals surface area contributed by atoms with Gasteiger partial charge in [0.05, 0.1) is 17.2 Å². The number of thioether (sulfide) groups is 1. The minimum absolute atomic E-state index is 0.0856. The number of anilines is 1. The second-order valence-corrected chi connectivity index (χ2v) is 7.94. The lowest BCUT2D eigenvalue weighted by Crippen LogP contribution is -2.19. The Bertz CT molecular complexity index is 1080. The van der Waals surface area contributed by atoms with Gasteiger partial charge in [0.2, 0.25) is 11.0 Å². The molecule has 4 rings (SSSR count). The predicted molar refractivity (Wildman–Crippen MR) is 106 cm³/mol. The monoisotopic (exact) mass is 397 g/mol. The zero-order valence-corrected chi connectivity index (χ0v) is 16.0. The molecule has 3 heterocycles. The van der Waals surface area contributed by atoms with Gasteiger partial charge in [-0.15, -0.1) is 10.2 Å². The molecule has 4 aromatic rings. The highest BCUT2D eigenvalue weighted by molar-refractivity contribution is 8.01. The molecule has 0 saturated heterocycles. The normalized spacial score (nSPS) is 11.0. The topological polar surface area (TPSA) is 98.5 Å². The van der Waals surface area contributed by atoms with Crippen molar-refractivity contribution < 1.29 is 4.79 Å². The van der Waals surface area contributed by atoms with Gasteiger partial charge in [-0.1, -0.05) is 42.2 Å². The Hall–Kier alpha value is -2.85. The number of fused-ring (bicyclic) bond motifs is 1. The maximum absolute atomic E-state index is 12.6. The molecule has 0 saturated carbocycles. The number of aromatic nitrogens is 6. The van der Waals surface area contributed by atoms with Crippen molar-refractivity contribution in [2.75, 3.05) is 11.1 Å². The highest BCUT2D eigenvalue weighted by Gasteiger charge is 2.17. The molecule has 27 heavy (non-hydrogen) atoms. The van der Waals surface area contributed by atoms with Crippen LogP contribution in [0.4, 0.5) is 5.13 Å². The van der Waals surface area contributed by atoms with Crippen LogP contribution in [0.15, 0.2) is 47.2 Å². The molecule has 0 aliphatic heterocycles. The highest BCUT2D eigenvalue weighted by atomic mass is 32.2. The number of nitrogens with zero attached hydrogens (tertiary/aromatic N) is 6. The van der Waals surface area contributed by atoms with Crippen molar-refractivity contribution in [2.24, 2.45) is 0 Å². The molecule has 8 nitrogen and oxygen atoms in total. The van der Waals surface area contributed by atoms with Crippen molar-refractivity contribution >= 4 is 45.2 Å². The zero-order chi connectivity index (χ0) is 18.6. The van der Waals surface area contributed by atoms with E-state index in [1.807, 2.05) is 35.8 Å². The molecular weight excluding hydrogens is 382 g/mol. The Morgan fingerprint density at radius 1 is 1.26 bits per heavy atom. The number of para-hydroxylation sites is 2. The van der Waals surface area contributed by atoms with Gasteiger partial charge in [-0.3, -0.25) is 15.1 Å². The van der Waals surface area contributed by atoms with Gasteiger partial charge in [0.25, 0.3) is 0 Å². The van der Waals surface area contributed by atoms with E-state index in [0.29, 0.717) is 16.6 Å². The number of hydrogen-bond donors (Lipinski definition) is 1. The van der Waals surface area contributed by atoms with Crippen LogP contribution in [0, 0.1) is 0 Å². The number of hydrogen-bond acceptors (Lipinski definition) is 8. The van der Waals surface area contributed by atoms with Crippen LogP contribution in [0.1, 0.15) is 6.92 Å². The Labute approximate surface area is 163 Å². The molecule has 0 aliphatic rings. The third kappa shape index (κ3) is 3.81. The van der Waals surface area contributed by atoms with E-state index in [1.54, 1.807) is 30.4 Å². The third-order valence-electron chi connectivity index (χ3n) is 3.67. The molecule has 0 fully saturated rings. The minimum atomic E-state index is -0.201. The van der Waals surface area contributed by atoms with Gasteiger partial charge in [0.15, 0.2) is 10.2 Å². The number of amides is 1. The molecule has 1 amide bonds. The molecule has 0 aliphatic carbocycles. The summed E-state index contributed by atoms with van der Waals surface area (Å²) in [5, 5.41) is 11.4. The van der Waals surface area contributed by atoms with Gasteiger partial charge in [-0.2, -0.15) is 0 Å². The van der Waals surface area contributed by atoms with Gasteiger partial charge in [0, 0.05) is 12.4 Å². The summed E-state index contributed by atoms with van der Waals surface area (Å²) in [5.41, 5.74) is 2.26. The molecule has 1 N–H and O–H groups in total. The first-order valence-electron chi connectivity index (χ1n) is 8.22. The molecule has 0 radical (unpaired) electrons. The van der Waals surface area contributed by atoms with Crippen LogP contribution in [0.25, 0.3) is 22.6 Å². The van der Waals surface area contributed by atoms with Gasteiger partial charge in [0.1, 0.15) is 12.2 Å². The molecular formula is C17H15N7OS2. The van der Waals surface area contributed by atoms with Crippen LogP contribution in [0.2, 0.25) is 0 Å². The molecule has 0 spiro atoms. The summed E-state index contributed by atoms with van der Waals surface area (Å²) in [6.45, 7) is 2.13. The SMILES string of the molecule is CCSc1nnc(NC(=O)Cn2c(-c3cnccn3)nc3ccccc32)s1. The maximum atomic E-state index is 12.6. The van der Waals surface area contributed by atoms with Crippen molar-refractivity contribution in [1.29, 1.82) is 0 Å². The lowest BCUT2D eigenvalue weighted by atomic mass is 10.3. The average Bonchev–Trinajstić information content (AvgIpc) is 3.27. The van der Waals surface area contributed by atoms with Crippen LogP contribution in [-0.2, 0) is 11.3 Å². The maximum Gasteiger partial charge on any atom is 0.246 e. The Morgan fingerprint density at radius 2 is 2.15 bits per heavy atom. The predicted octanol–water partition coefficient (Wildman–Crippen LogP) is 3.10. The Kier molecular flexibility index (Phi) is 5.07. The molecule has 3 aromatic heterocycles. The Balaban J connectivity index is 1.63. The smallest absolute Gasteiger partial charge is 0.246 e. The number of benzene rings is 1. The number of nitrogens with one attached hydrogen (secondary N) is 1. The summed E-state index contributed by atoms with van der Waals surface area (Å²) in [4.78, 5) is 25.7. The van der Waals surface area contributed by atoms with Crippen molar-refractivity contribution in [3.63, 3.8) is 0 Å². The third-order valence-corrected chi connectivity index (χ3v) is 5.52. The van der Waals surface area contributed by atoms with Crippen LogP contribution in [-0.4, -0.2) is 41.4 Å². The fourth-order valence-corrected chi connectivity index (χ4v) is 4.26. The van der Waals surface area contributed by atoms with E-state index in [1.165, 1.54) is 11.3 Å². The summed E-state index contributed by atoms with van der Waals surface area (Å²) in [6, 6.07) is 7.66. The lowest BCUT2D eigenvalue weighted by Gasteiger charge is -2.08. The largest absolute Gasteiger partial charge is 0.313 e. The second kappa shape index (κ2) is 7.80. The van der Waals surface area contributed by atoms with Gasteiger partial charge >= 0.3 is 0 Å². The first kappa shape index (κ1) is 17.6. The summed E-state index contributed by atoms with van der Waals surface area (Å²) in [7, 11) is 0. The lowest BCUT2D eigenvalue weighted by molar-refractivity contribution is -0.116. The molecule has 0 atom stereocenters. The molecule has 1 aromatic carbocycles. The van der Waals surface area contributed by atoms with E-state index in [-0.39, 0.29) is 12.5 Å². The van der Waals surface area contributed by atoms with E-state index in [2.05, 4.69) is 30.5 Å². The molecule has 0 unspecified atom stereocenters. The van der Waals surface area contributed by atoms with Crippen LogP contribution in [0.3, 0.4) is 0 Å². The first-order chi connectivity index (χ1) is 13.2. The van der Waals surface area contributed by atoms with Gasteiger partial charge in [-0.05, 0) is 17.9 Å². The molecule has 0 bridgehead atoms. The highest BCUT2D eigenvalue weighted by Crippen LogP contribution is 2.26. The van der Waals surface area contributed by atoms with Crippen LogP contribution < -0.4 is 5.32 Å². The Morgan fingerprint density at radius 3 is 2.96 bits per heavy atom. The van der Waals surface area contributed by atoms with Crippen molar-refractivity contribution in [3.05, 3.63) is 42.9 Å². The van der Waals surface area contributed by atoms with Crippen molar-refractivity contribution in [1.82, 2.24) is 29.7 Å². The van der Waals surface area contributed by atoms with Crippen molar-refractivity contribution in [3.8, 4) is 11.5 Å². The summed E-state index contributed by atoms with van der Waals surface area (Å²) < 4.78 is 2.67. The van der Waals surface area contributed by atoms with E-state index >= 15 is 0 Å². The number of imidazole rings is 1. The van der Waals surface area contributed by atoms with Crippen molar-refractivity contribution in [2.45, 2.75) is 17.8 Å². The number of carbonyl (C=O) groups is 1. The van der Waals surface area contributed by atoms with E-state index < -0.39 is 0 Å².